The third kappa shape index (κ3) is 1.42. The average Bonchev–Trinajstić information content (AvgIpc) is 2.74. The smallest absolute Gasteiger partial charge is 0.0723 e. The van der Waals surface area contributed by atoms with Gasteiger partial charge in [0.05, 0.1) is 17.4 Å². The van der Waals surface area contributed by atoms with Crippen molar-refractivity contribution in [1.82, 2.24) is 0 Å². The molecular weight excluding hydrogens is 220 g/mol. The molecule has 2 heteroatoms. The summed E-state index contributed by atoms with van der Waals surface area (Å²) in [5.41, 5.74) is 5.94. The van der Waals surface area contributed by atoms with Gasteiger partial charge in [-0.1, -0.05) is 24.3 Å². The molecule has 0 N–H and O–H groups in total. The molecule has 1 atom stereocenters. The van der Waals surface area contributed by atoms with Crippen LogP contribution in [-0.2, 0) is 0 Å². The van der Waals surface area contributed by atoms with Gasteiger partial charge in [0.2, 0.25) is 0 Å². The number of nitrogens with zero attached hydrogens (tertiary/aromatic N) is 2. The predicted molar refractivity (Wildman–Crippen MR) is 75.6 cm³/mol. The molecule has 2 aliphatic heterocycles. The second-order valence-electron chi connectivity index (χ2n) is 4.74. The number of allylic oxidation sites excluding steroid dienone is 4. The minimum Gasteiger partial charge on any atom is -0.285 e. The first kappa shape index (κ1) is 9.77. The molecule has 2 bridgehead atoms. The standard InChI is InChI=1S/C16H12N2/c1-2-4-15-13(3-1)14-10-11-7-8-17-12(9-11)5-6-16(14)18-15/h1-8,10,12H,9H2. The van der Waals surface area contributed by atoms with Crippen LogP contribution in [0.25, 0.3) is 5.57 Å². The molecule has 4 rings (SSSR count). The monoisotopic (exact) mass is 232 g/mol. The highest BCUT2D eigenvalue weighted by molar-refractivity contribution is 6.34. The van der Waals surface area contributed by atoms with Crippen molar-refractivity contribution in [3.05, 3.63) is 59.7 Å². The molecule has 1 unspecified atom stereocenters. The van der Waals surface area contributed by atoms with Crippen LogP contribution in [0.1, 0.15) is 12.0 Å². The van der Waals surface area contributed by atoms with Crippen LogP contribution in [0.4, 0.5) is 5.69 Å². The van der Waals surface area contributed by atoms with Gasteiger partial charge in [-0.05, 0) is 36.3 Å². The van der Waals surface area contributed by atoms with Gasteiger partial charge in [0.1, 0.15) is 0 Å². The minimum atomic E-state index is 0.272. The molecule has 18 heavy (non-hydrogen) atoms. The number of hydrogen-bond acceptors (Lipinski definition) is 2. The third-order valence-corrected chi connectivity index (χ3v) is 3.53. The number of rotatable bonds is 0. The van der Waals surface area contributed by atoms with Gasteiger partial charge < -0.3 is 0 Å². The summed E-state index contributed by atoms with van der Waals surface area (Å²) in [5.74, 6) is 0. The first-order valence-electron chi connectivity index (χ1n) is 6.21. The molecule has 0 saturated heterocycles. The quantitative estimate of drug-likeness (QED) is 0.654. The minimum absolute atomic E-state index is 0.272. The number of hydrogen-bond donors (Lipinski definition) is 0. The number of para-hydroxylation sites is 1. The van der Waals surface area contributed by atoms with E-state index in [4.69, 9.17) is 0 Å². The van der Waals surface area contributed by atoms with Crippen molar-refractivity contribution in [1.29, 1.82) is 0 Å². The van der Waals surface area contributed by atoms with E-state index in [2.05, 4.69) is 52.5 Å². The molecule has 0 saturated carbocycles. The summed E-state index contributed by atoms with van der Waals surface area (Å²) in [6.45, 7) is 0. The van der Waals surface area contributed by atoms with Crippen molar-refractivity contribution in [2.45, 2.75) is 12.5 Å². The summed E-state index contributed by atoms with van der Waals surface area (Å²) >= 11 is 0. The van der Waals surface area contributed by atoms with Crippen LogP contribution in [-0.4, -0.2) is 18.0 Å². The molecule has 1 aromatic carbocycles. The Morgan fingerprint density at radius 1 is 1.17 bits per heavy atom. The van der Waals surface area contributed by atoms with Gasteiger partial charge in [0.15, 0.2) is 0 Å². The molecule has 86 valence electrons. The van der Waals surface area contributed by atoms with Crippen molar-refractivity contribution < 1.29 is 0 Å². The summed E-state index contributed by atoms with van der Waals surface area (Å²) < 4.78 is 0. The molecule has 0 radical (unpaired) electrons. The molecule has 3 aliphatic rings. The van der Waals surface area contributed by atoms with Gasteiger partial charge in [-0.25, -0.2) is 4.99 Å². The maximum Gasteiger partial charge on any atom is 0.0723 e. The van der Waals surface area contributed by atoms with Crippen LogP contribution in [0.15, 0.2) is 64.1 Å². The van der Waals surface area contributed by atoms with Crippen LogP contribution < -0.4 is 0 Å². The summed E-state index contributed by atoms with van der Waals surface area (Å²) in [7, 11) is 0. The lowest BCUT2D eigenvalue weighted by atomic mass is 9.93. The Morgan fingerprint density at radius 3 is 3.11 bits per heavy atom. The summed E-state index contributed by atoms with van der Waals surface area (Å²) in [6.07, 6.45) is 11.5. The Bertz CT molecular complexity index is 672. The molecular formula is C16H12N2. The van der Waals surface area contributed by atoms with Crippen molar-refractivity contribution in [3.8, 4) is 0 Å². The van der Waals surface area contributed by atoms with E-state index in [9.17, 15) is 0 Å². The lowest BCUT2D eigenvalue weighted by Crippen LogP contribution is -2.10. The largest absolute Gasteiger partial charge is 0.285 e. The molecule has 0 fully saturated rings. The van der Waals surface area contributed by atoms with Crippen LogP contribution in [0.2, 0.25) is 0 Å². The average molecular weight is 232 g/mol. The number of fused-ring (bicyclic) bond motifs is 5. The van der Waals surface area contributed by atoms with Crippen LogP contribution >= 0.6 is 0 Å². The molecule has 0 spiro atoms. The zero-order chi connectivity index (χ0) is 11.9. The fraction of sp³-hybridized carbons (Fsp3) is 0.125. The summed E-state index contributed by atoms with van der Waals surface area (Å²) in [4.78, 5) is 9.13. The van der Waals surface area contributed by atoms with E-state index in [-0.39, 0.29) is 6.04 Å². The number of aliphatic imine (C=N–C) groups is 2. The first-order valence-corrected chi connectivity index (χ1v) is 6.21. The third-order valence-electron chi connectivity index (χ3n) is 3.53. The highest BCUT2D eigenvalue weighted by atomic mass is 14.8. The first-order chi connectivity index (χ1) is 8.90. The van der Waals surface area contributed by atoms with E-state index in [1.54, 1.807) is 0 Å². The summed E-state index contributed by atoms with van der Waals surface area (Å²) in [5, 5.41) is 0. The van der Waals surface area contributed by atoms with E-state index in [1.807, 2.05) is 12.3 Å². The lowest BCUT2D eigenvalue weighted by molar-refractivity contribution is 0.810. The van der Waals surface area contributed by atoms with Gasteiger partial charge in [-0.15, -0.1) is 0 Å². The van der Waals surface area contributed by atoms with E-state index in [0.29, 0.717) is 0 Å². The zero-order valence-electron chi connectivity index (χ0n) is 9.88. The Morgan fingerprint density at radius 2 is 2.11 bits per heavy atom. The number of benzene rings is 1. The van der Waals surface area contributed by atoms with Crippen LogP contribution in [0, 0.1) is 0 Å². The number of dihydropyridines is 1. The summed E-state index contributed by atoms with van der Waals surface area (Å²) in [6, 6.07) is 8.59. The molecule has 0 aromatic heterocycles. The maximum absolute atomic E-state index is 4.69. The molecule has 2 heterocycles. The lowest BCUT2D eigenvalue weighted by Gasteiger charge is -2.16. The van der Waals surface area contributed by atoms with Crippen molar-refractivity contribution in [2.24, 2.45) is 9.98 Å². The highest BCUT2D eigenvalue weighted by Gasteiger charge is 2.21. The maximum atomic E-state index is 4.69. The van der Waals surface area contributed by atoms with E-state index in [1.165, 1.54) is 16.7 Å². The molecule has 1 aromatic rings. The normalized spacial score (nSPS) is 23.3. The van der Waals surface area contributed by atoms with Gasteiger partial charge in [0, 0.05) is 17.4 Å². The van der Waals surface area contributed by atoms with Crippen molar-refractivity contribution >= 4 is 23.2 Å². The van der Waals surface area contributed by atoms with Gasteiger partial charge in [-0.2, -0.15) is 0 Å². The van der Waals surface area contributed by atoms with Gasteiger partial charge in [0.25, 0.3) is 0 Å². The highest BCUT2D eigenvalue weighted by Crippen LogP contribution is 2.37. The fourth-order valence-corrected chi connectivity index (χ4v) is 2.63. The second kappa shape index (κ2) is 3.64. The second-order valence-corrected chi connectivity index (χ2v) is 4.74. The molecule has 1 aliphatic carbocycles. The van der Waals surface area contributed by atoms with E-state index >= 15 is 0 Å². The SMILES string of the molecule is C1=CC2CC(=CC=N2)C=C2C1=Nc1ccccc12. The van der Waals surface area contributed by atoms with E-state index in [0.717, 1.165) is 17.8 Å². The van der Waals surface area contributed by atoms with Crippen molar-refractivity contribution in [3.63, 3.8) is 0 Å². The van der Waals surface area contributed by atoms with E-state index < -0.39 is 0 Å². The Labute approximate surface area is 106 Å². The predicted octanol–water partition coefficient (Wildman–Crippen LogP) is 3.50. The van der Waals surface area contributed by atoms with Gasteiger partial charge in [-0.3, -0.25) is 4.99 Å². The van der Waals surface area contributed by atoms with Crippen LogP contribution in [0.3, 0.4) is 0 Å². The Balaban J connectivity index is 1.93. The molecule has 2 nitrogen and oxygen atoms in total. The topological polar surface area (TPSA) is 24.7 Å². The Kier molecular flexibility index (Phi) is 1.97. The van der Waals surface area contributed by atoms with Crippen molar-refractivity contribution in [2.75, 3.05) is 0 Å². The molecule has 0 amide bonds. The van der Waals surface area contributed by atoms with Crippen LogP contribution in [0.5, 0.6) is 0 Å². The van der Waals surface area contributed by atoms with Gasteiger partial charge >= 0.3 is 0 Å². The zero-order valence-corrected chi connectivity index (χ0v) is 9.88. The fourth-order valence-electron chi connectivity index (χ4n) is 2.63. The Hall–Kier alpha value is -2.22.